The van der Waals surface area contributed by atoms with Crippen LogP contribution < -0.4 is 19.7 Å². The van der Waals surface area contributed by atoms with Crippen molar-refractivity contribution in [3.8, 4) is 28.4 Å². The van der Waals surface area contributed by atoms with E-state index in [0.717, 1.165) is 11.3 Å². The van der Waals surface area contributed by atoms with Gasteiger partial charge >= 0.3 is 5.97 Å². The molecule has 0 unspecified atom stereocenters. The molecule has 1 amide bonds. The van der Waals surface area contributed by atoms with Gasteiger partial charge in [0.1, 0.15) is 5.75 Å². The second-order valence-corrected chi connectivity index (χ2v) is 7.89. The SMILES string of the molecule is O=C(Nc1cc(-c2ccc3c(c2)OCO3)ccc1C(=O)O)c1cc(N2CCOCC2)ccc1O. The van der Waals surface area contributed by atoms with Crippen LogP contribution >= 0.6 is 0 Å². The maximum atomic E-state index is 13.1. The van der Waals surface area contributed by atoms with E-state index in [4.69, 9.17) is 14.2 Å². The van der Waals surface area contributed by atoms with Crippen LogP contribution in [-0.4, -0.2) is 55.2 Å². The molecule has 0 bridgehead atoms. The number of amides is 1. The Labute approximate surface area is 195 Å². The molecule has 2 heterocycles. The van der Waals surface area contributed by atoms with Crippen molar-refractivity contribution in [1.82, 2.24) is 0 Å². The molecule has 3 N–H and O–H groups in total. The predicted molar refractivity (Wildman–Crippen MR) is 124 cm³/mol. The van der Waals surface area contributed by atoms with Crippen molar-refractivity contribution in [2.75, 3.05) is 43.3 Å². The van der Waals surface area contributed by atoms with Crippen LogP contribution in [0.1, 0.15) is 20.7 Å². The zero-order chi connectivity index (χ0) is 23.7. The number of anilines is 2. The topological polar surface area (TPSA) is 118 Å². The van der Waals surface area contributed by atoms with Gasteiger partial charge in [0.25, 0.3) is 5.91 Å². The first-order valence-electron chi connectivity index (χ1n) is 10.7. The average Bonchev–Trinajstić information content (AvgIpc) is 3.32. The first kappa shape index (κ1) is 21.6. The number of benzene rings is 3. The van der Waals surface area contributed by atoms with E-state index in [1.807, 2.05) is 6.07 Å². The van der Waals surface area contributed by atoms with E-state index in [-0.39, 0.29) is 29.4 Å². The molecule has 5 rings (SSSR count). The number of nitrogens with one attached hydrogen (secondary N) is 1. The second-order valence-electron chi connectivity index (χ2n) is 7.89. The van der Waals surface area contributed by atoms with Crippen molar-refractivity contribution >= 4 is 23.3 Å². The van der Waals surface area contributed by atoms with E-state index in [1.54, 1.807) is 36.4 Å². The number of carboxylic acids is 1. The molecule has 0 aromatic heterocycles. The lowest BCUT2D eigenvalue weighted by Gasteiger charge is -2.29. The summed E-state index contributed by atoms with van der Waals surface area (Å²) in [4.78, 5) is 27.0. The highest BCUT2D eigenvalue weighted by Gasteiger charge is 2.20. The number of aromatic hydroxyl groups is 1. The Morgan fingerprint density at radius 3 is 2.38 bits per heavy atom. The van der Waals surface area contributed by atoms with Crippen LogP contribution in [0.4, 0.5) is 11.4 Å². The highest BCUT2D eigenvalue weighted by molar-refractivity contribution is 6.10. The minimum atomic E-state index is -1.18. The van der Waals surface area contributed by atoms with Gasteiger partial charge in [0.2, 0.25) is 6.79 Å². The summed E-state index contributed by atoms with van der Waals surface area (Å²) in [5.41, 5.74) is 2.33. The molecule has 0 radical (unpaired) electrons. The number of carboxylic acid groups (broad SMARTS) is 1. The predicted octanol–water partition coefficient (Wildman–Crippen LogP) is 3.58. The van der Waals surface area contributed by atoms with E-state index in [9.17, 15) is 19.8 Å². The molecule has 174 valence electrons. The van der Waals surface area contributed by atoms with Gasteiger partial charge in [-0.1, -0.05) is 12.1 Å². The molecule has 1 fully saturated rings. The Hall–Kier alpha value is -4.24. The van der Waals surface area contributed by atoms with Gasteiger partial charge in [0, 0.05) is 18.8 Å². The van der Waals surface area contributed by atoms with Gasteiger partial charge in [-0.2, -0.15) is 0 Å². The van der Waals surface area contributed by atoms with Gasteiger partial charge in [-0.05, 0) is 53.6 Å². The quantitative estimate of drug-likeness (QED) is 0.527. The molecular formula is C25H22N2O7. The Kier molecular flexibility index (Phi) is 5.69. The van der Waals surface area contributed by atoms with Crippen LogP contribution in [0, 0.1) is 0 Å². The van der Waals surface area contributed by atoms with Crippen LogP contribution in [-0.2, 0) is 4.74 Å². The maximum Gasteiger partial charge on any atom is 0.337 e. The number of phenolic OH excluding ortho intramolecular Hbond substituents is 1. The summed E-state index contributed by atoms with van der Waals surface area (Å²) in [6, 6.07) is 14.9. The third-order valence-electron chi connectivity index (χ3n) is 5.81. The third-order valence-corrected chi connectivity index (χ3v) is 5.81. The lowest BCUT2D eigenvalue weighted by molar-refractivity contribution is 0.0698. The number of carbonyl (C=O) groups is 2. The van der Waals surface area contributed by atoms with E-state index >= 15 is 0 Å². The molecule has 0 aliphatic carbocycles. The molecule has 2 aliphatic heterocycles. The standard InChI is InChI=1S/C25H22N2O7/c28-21-5-3-17(27-7-9-32-10-8-27)13-19(21)24(29)26-20-11-15(1-4-18(20)25(30)31)16-2-6-22-23(12-16)34-14-33-22/h1-6,11-13,28H,7-10,14H2,(H,26,29)(H,30,31). The maximum absolute atomic E-state index is 13.1. The largest absolute Gasteiger partial charge is 0.507 e. The Morgan fingerprint density at radius 1 is 0.853 bits per heavy atom. The van der Waals surface area contributed by atoms with E-state index in [2.05, 4.69) is 10.2 Å². The number of rotatable bonds is 5. The van der Waals surface area contributed by atoms with Crippen LogP contribution in [0.3, 0.4) is 0 Å². The number of hydrogen-bond acceptors (Lipinski definition) is 7. The minimum Gasteiger partial charge on any atom is -0.507 e. The molecule has 3 aromatic rings. The van der Waals surface area contributed by atoms with Crippen LogP contribution in [0.15, 0.2) is 54.6 Å². The number of ether oxygens (including phenoxy) is 3. The Morgan fingerprint density at radius 2 is 1.59 bits per heavy atom. The first-order valence-corrected chi connectivity index (χ1v) is 10.7. The summed E-state index contributed by atoms with van der Waals surface area (Å²) >= 11 is 0. The van der Waals surface area contributed by atoms with Crippen molar-refractivity contribution in [3.63, 3.8) is 0 Å². The number of carbonyl (C=O) groups excluding carboxylic acids is 1. The Balaban J connectivity index is 1.46. The number of fused-ring (bicyclic) bond motifs is 1. The molecule has 9 nitrogen and oxygen atoms in total. The molecule has 2 aliphatic rings. The lowest BCUT2D eigenvalue weighted by Crippen LogP contribution is -2.36. The van der Waals surface area contributed by atoms with Gasteiger partial charge < -0.3 is 34.6 Å². The molecule has 3 aromatic carbocycles. The Bertz CT molecular complexity index is 1270. The average molecular weight is 462 g/mol. The van der Waals surface area contributed by atoms with Crippen LogP contribution in [0.5, 0.6) is 17.2 Å². The van der Waals surface area contributed by atoms with Crippen LogP contribution in [0.2, 0.25) is 0 Å². The summed E-state index contributed by atoms with van der Waals surface area (Å²) in [6.45, 7) is 2.65. The normalized spacial score (nSPS) is 14.6. The van der Waals surface area contributed by atoms with Gasteiger partial charge in [-0.3, -0.25) is 4.79 Å². The number of morpholine rings is 1. The fourth-order valence-corrected chi connectivity index (χ4v) is 4.00. The van der Waals surface area contributed by atoms with Crippen molar-refractivity contribution in [2.45, 2.75) is 0 Å². The molecule has 34 heavy (non-hydrogen) atoms. The van der Waals surface area contributed by atoms with Crippen molar-refractivity contribution in [2.24, 2.45) is 0 Å². The summed E-state index contributed by atoms with van der Waals surface area (Å²) in [7, 11) is 0. The molecule has 9 heteroatoms. The van der Waals surface area contributed by atoms with Gasteiger partial charge in [0.05, 0.1) is 30.0 Å². The number of aromatic carboxylic acids is 1. The lowest BCUT2D eigenvalue weighted by atomic mass is 10.0. The van der Waals surface area contributed by atoms with Crippen molar-refractivity contribution < 1.29 is 34.0 Å². The van der Waals surface area contributed by atoms with Crippen molar-refractivity contribution in [1.29, 1.82) is 0 Å². The second kappa shape index (κ2) is 8.95. The molecule has 0 atom stereocenters. The highest BCUT2D eigenvalue weighted by Crippen LogP contribution is 2.37. The minimum absolute atomic E-state index is 0.0498. The fourth-order valence-electron chi connectivity index (χ4n) is 4.00. The highest BCUT2D eigenvalue weighted by atomic mass is 16.7. The number of hydrogen-bond donors (Lipinski definition) is 3. The zero-order valence-electron chi connectivity index (χ0n) is 18.1. The summed E-state index contributed by atoms with van der Waals surface area (Å²) < 4.78 is 16.1. The van der Waals surface area contributed by atoms with E-state index in [0.29, 0.717) is 43.4 Å². The molecule has 0 spiro atoms. The smallest absolute Gasteiger partial charge is 0.337 e. The van der Waals surface area contributed by atoms with Crippen LogP contribution in [0.25, 0.3) is 11.1 Å². The van der Waals surface area contributed by atoms with Crippen molar-refractivity contribution in [3.05, 3.63) is 65.7 Å². The van der Waals surface area contributed by atoms with Gasteiger partial charge in [-0.25, -0.2) is 4.79 Å². The molecule has 0 saturated carbocycles. The summed E-state index contributed by atoms with van der Waals surface area (Å²) in [5.74, 6) is -0.764. The van der Waals surface area contributed by atoms with Gasteiger partial charge in [0.15, 0.2) is 11.5 Å². The monoisotopic (exact) mass is 462 g/mol. The molecular weight excluding hydrogens is 440 g/mol. The number of nitrogens with zero attached hydrogens (tertiary/aromatic N) is 1. The third kappa shape index (κ3) is 4.20. The van der Waals surface area contributed by atoms with E-state index < -0.39 is 11.9 Å². The van der Waals surface area contributed by atoms with E-state index in [1.165, 1.54) is 12.1 Å². The first-order chi connectivity index (χ1) is 16.5. The van der Waals surface area contributed by atoms with Gasteiger partial charge in [-0.15, -0.1) is 0 Å². The summed E-state index contributed by atoms with van der Waals surface area (Å²) in [6.07, 6.45) is 0. The summed E-state index contributed by atoms with van der Waals surface area (Å²) in [5, 5.41) is 22.6. The fraction of sp³-hybridized carbons (Fsp3) is 0.200. The number of phenols is 1. The molecule has 1 saturated heterocycles. The zero-order valence-corrected chi connectivity index (χ0v) is 18.1.